The van der Waals surface area contributed by atoms with Crippen LogP contribution in [0.2, 0.25) is 0 Å². The van der Waals surface area contributed by atoms with Crippen LogP contribution >= 0.6 is 11.8 Å². The summed E-state index contributed by atoms with van der Waals surface area (Å²) in [6.07, 6.45) is -0.207. The SMILES string of the molecule is CCN(CC)CCSCC(O)CNC. The molecule has 3 nitrogen and oxygen atoms in total. The molecule has 2 N–H and O–H groups in total. The van der Waals surface area contributed by atoms with E-state index in [2.05, 4.69) is 24.1 Å². The minimum absolute atomic E-state index is 0.207. The molecule has 0 heterocycles. The predicted molar refractivity (Wildman–Crippen MR) is 65.0 cm³/mol. The molecule has 0 aromatic heterocycles. The van der Waals surface area contributed by atoms with Crippen molar-refractivity contribution in [2.24, 2.45) is 0 Å². The first-order chi connectivity index (χ1) is 6.74. The smallest absolute Gasteiger partial charge is 0.0754 e. The van der Waals surface area contributed by atoms with Gasteiger partial charge in [-0.1, -0.05) is 13.8 Å². The van der Waals surface area contributed by atoms with E-state index >= 15 is 0 Å². The molecule has 0 aromatic rings. The third-order valence-corrected chi connectivity index (χ3v) is 3.29. The normalized spacial score (nSPS) is 13.5. The monoisotopic (exact) mass is 220 g/mol. The van der Waals surface area contributed by atoms with Crippen molar-refractivity contribution in [1.29, 1.82) is 0 Å². The van der Waals surface area contributed by atoms with Gasteiger partial charge >= 0.3 is 0 Å². The highest BCUT2D eigenvalue weighted by molar-refractivity contribution is 7.99. The number of rotatable bonds is 9. The molecule has 0 fully saturated rings. The fourth-order valence-corrected chi connectivity index (χ4v) is 2.19. The maximum atomic E-state index is 9.43. The van der Waals surface area contributed by atoms with Crippen molar-refractivity contribution in [2.45, 2.75) is 20.0 Å². The number of aliphatic hydroxyl groups excluding tert-OH is 1. The number of nitrogens with one attached hydrogen (secondary N) is 1. The van der Waals surface area contributed by atoms with Crippen LogP contribution in [0.3, 0.4) is 0 Å². The molecule has 0 radical (unpaired) electrons. The third-order valence-electron chi connectivity index (χ3n) is 2.20. The second kappa shape index (κ2) is 9.77. The first kappa shape index (κ1) is 14.2. The quantitative estimate of drug-likeness (QED) is 0.559. The van der Waals surface area contributed by atoms with Gasteiger partial charge < -0.3 is 15.3 Å². The number of hydrogen-bond acceptors (Lipinski definition) is 4. The van der Waals surface area contributed by atoms with E-state index < -0.39 is 0 Å². The first-order valence-corrected chi connectivity index (χ1v) is 6.52. The lowest BCUT2D eigenvalue weighted by atomic mass is 10.4. The molecule has 0 bridgehead atoms. The van der Waals surface area contributed by atoms with Crippen molar-refractivity contribution < 1.29 is 5.11 Å². The van der Waals surface area contributed by atoms with E-state index in [1.165, 1.54) is 0 Å². The second-order valence-electron chi connectivity index (χ2n) is 3.31. The lowest BCUT2D eigenvalue weighted by Crippen LogP contribution is -2.28. The number of hydrogen-bond donors (Lipinski definition) is 2. The van der Waals surface area contributed by atoms with Crippen molar-refractivity contribution in [3.63, 3.8) is 0 Å². The summed E-state index contributed by atoms with van der Waals surface area (Å²) in [6.45, 7) is 8.43. The molecule has 14 heavy (non-hydrogen) atoms. The van der Waals surface area contributed by atoms with Gasteiger partial charge in [0.1, 0.15) is 0 Å². The summed E-state index contributed by atoms with van der Waals surface area (Å²) in [5.74, 6) is 1.95. The highest BCUT2D eigenvalue weighted by atomic mass is 32.2. The molecule has 0 spiro atoms. The average Bonchev–Trinajstić information content (AvgIpc) is 2.19. The molecule has 0 aliphatic heterocycles. The lowest BCUT2D eigenvalue weighted by Gasteiger charge is -2.17. The highest BCUT2D eigenvalue weighted by Gasteiger charge is 2.03. The van der Waals surface area contributed by atoms with Gasteiger partial charge in [0.15, 0.2) is 0 Å². The zero-order chi connectivity index (χ0) is 10.8. The van der Waals surface area contributed by atoms with Gasteiger partial charge in [0, 0.05) is 24.6 Å². The van der Waals surface area contributed by atoms with Gasteiger partial charge in [0.05, 0.1) is 6.10 Å². The van der Waals surface area contributed by atoms with E-state index in [9.17, 15) is 5.11 Å². The molecule has 86 valence electrons. The largest absolute Gasteiger partial charge is 0.391 e. The van der Waals surface area contributed by atoms with Crippen LogP contribution in [0.25, 0.3) is 0 Å². The number of thioether (sulfide) groups is 1. The summed E-state index contributed by atoms with van der Waals surface area (Å²) in [5.41, 5.74) is 0. The Bertz CT molecular complexity index is 121. The molecule has 4 heteroatoms. The maximum absolute atomic E-state index is 9.43. The first-order valence-electron chi connectivity index (χ1n) is 5.37. The molecular formula is C10H24N2OS. The molecule has 1 atom stereocenters. The minimum atomic E-state index is -0.207. The Morgan fingerprint density at radius 3 is 2.50 bits per heavy atom. The van der Waals surface area contributed by atoms with Gasteiger partial charge in [0.25, 0.3) is 0 Å². The molecule has 0 aliphatic carbocycles. The Balaban J connectivity index is 3.27. The Hall–Kier alpha value is 0.230. The Kier molecular flexibility index (Phi) is 9.93. The van der Waals surface area contributed by atoms with E-state index in [4.69, 9.17) is 0 Å². The van der Waals surface area contributed by atoms with Gasteiger partial charge in [-0.15, -0.1) is 0 Å². The summed E-state index contributed by atoms with van der Waals surface area (Å²) in [5, 5.41) is 12.4. The third kappa shape index (κ3) is 7.62. The van der Waals surface area contributed by atoms with Gasteiger partial charge in [-0.2, -0.15) is 11.8 Å². The lowest BCUT2D eigenvalue weighted by molar-refractivity contribution is 0.199. The fraction of sp³-hybridized carbons (Fsp3) is 1.00. The number of aliphatic hydroxyl groups is 1. The Morgan fingerprint density at radius 2 is 2.00 bits per heavy atom. The van der Waals surface area contributed by atoms with Gasteiger partial charge in [-0.25, -0.2) is 0 Å². The van der Waals surface area contributed by atoms with Crippen molar-refractivity contribution in [3.8, 4) is 0 Å². The van der Waals surface area contributed by atoms with Crippen molar-refractivity contribution in [1.82, 2.24) is 10.2 Å². The van der Waals surface area contributed by atoms with Crippen molar-refractivity contribution in [2.75, 3.05) is 44.7 Å². The van der Waals surface area contributed by atoms with Crippen LogP contribution in [0, 0.1) is 0 Å². The molecule has 0 saturated carbocycles. The predicted octanol–water partition coefficient (Wildman–Crippen LogP) is 0.642. The van der Waals surface area contributed by atoms with Crippen LogP contribution < -0.4 is 5.32 Å². The topological polar surface area (TPSA) is 35.5 Å². The van der Waals surface area contributed by atoms with Crippen LogP contribution in [-0.2, 0) is 0 Å². The van der Waals surface area contributed by atoms with E-state index in [0.29, 0.717) is 6.54 Å². The summed E-state index contributed by atoms with van der Waals surface area (Å²) in [4.78, 5) is 2.40. The summed E-state index contributed by atoms with van der Waals surface area (Å²) < 4.78 is 0. The standard InChI is InChI=1S/C10H24N2OS/c1-4-12(5-2)6-7-14-9-10(13)8-11-3/h10-11,13H,4-9H2,1-3H3. The zero-order valence-corrected chi connectivity index (χ0v) is 10.4. The van der Waals surface area contributed by atoms with Crippen molar-refractivity contribution in [3.05, 3.63) is 0 Å². The number of likely N-dealkylation sites (N-methyl/N-ethyl adjacent to an activating group) is 1. The van der Waals surface area contributed by atoms with E-state index in [-0.39, 0.29) is 6.10 Å². The van der Waals surface area contributed by atoms with Crippen LogP contribution in [0.5, 0.6) is 0 Å². The molecule has 0 saturated heterocycles. The summed E-state index contributed by atoms with van der Waals surface area (Å²) >= 11 is 1.83. The molecular weight excluding hydrogens is 196 g/mol. The van der Waals surface area contributed by atoms with Gasteiger partial charge in [-0.3, -0.25) is 0 Å². The van der Waals surface area contributed by atoms with E-state index in [0.717, 1.165) is 31.1 Å². The average molecular weight is 220 g/mol. The van der Waals surface area contributed by atoms with E-state index in [1.54, 1.807) is 0 Å². The van der Waals surface area contributed by atoms with Crippen LogP contribution in [-0.4, -0.2) is 60.8 Å². The molecule has 0 aliphatic rings. The van der Waals surface area contributed by atoms with E-state index in [1.807, 2.05) is 18.8 Å². The highest BCUT2D eigenvalue weighted by Crippen LogP contribution is 2.03. The van der Waals surface area contributed by atoms with Gasteiger partial charge in [0.2, 0.25) is 0 Å². The van der Waals surface area contributed by atoms with Crippen molar-refractivity contribution >= 4 is 11.8 Å². The maximum Gasteiger partial charge on any atom is 0.0754 e. The van der Waals surface area contributed by atoms with Crippen LogP contribution in [0.4, 0.5) is 0 Å². The molecule has 1 unspecified atom stereocenters. The second-order valence-corrected chi connectivity index (χ2v) is 4.46. The Morgan fingerprint density at radius 1 is 1.36 bits per heavy atom. The fourth-order valence-electron chi connectivity index (χ4n) is 1.25. The summed E-state index contributed by atoms with van der Waals surface area (Å²) in [6, 6.07) is 0. The Labute approximate surface area is 92.3 Å². The zero-order valence-electron chi connectivity index (χ0n) is 9.62. The van der Waals surface area contributed by atoms with Crippen LogP contribution in [0.1, 0.15) is 13.8 Å². The summed E-state index contributed by atoms with van der Waals surface area (Å²) in [7, 11) is 1.86. The van der Waals surface area contributed by atoms with Gasteiger partial charge in [-0.05, 0) is 20.1 Å². The molecule has 0 rings (SSSR count). The minimum Gasteiger partial charge on any atom is -0.391 e. The van der Waals surface area contributed by atoms with Crippen LogP contribution in [0.15, 0.2) is 0 Å². The molecule has 0 aromatic carbocycles. The number of nitrogens with zero attached hydrogens (tertiary/aromatic N) is 1. The molecule has 0 amide bonds.